The summed E-state index contributed by atoms with van der Waals surface area (Å²) >= 11 is 0. The molecule has 0 radical (unpaired) electrons. The molecule has 7 heteroatoms. The Balaban J connectivity index is 1.41. The third kappa shape index (κ3) is 4.25. The van der Waals surface area contributed by atoms with E-state index in [4.69, 9.17) is 0 Å². The molecule has 0 spiro atoms. The van der Waals surface area contributed by atoms with Gasteiger partial charge in [0.05, 0.1) is 12.2 Å². The number of halogens is 1. The van der Waals surface area contributed by atoms with Crippen molar-refractivity contribution in [2.75, 3.05) is 19.6 Å². The van der Waals surface area contributed by atoms with E-state index in [-0.39, 0.29) is 24.1 Å². The normalized spacial score (nSPS) is 15.2. The molecule has 1 fully saturated rings. The molecule has 30 heavy (non-hydrogen) atoms. The first-order valence-corrected chi connectivity index (χ1v) is 9.94. The van der Waals surface area contributed by atoms with Crippen LogP contribution in [0.25, 0.3) is 11.7 Å². The van der Waals surface area contributed by atoms with Gasteiger partial charge in [-0.3, -0.25) is 9.59 Å². The molecule has 4 rings (SSSR count). The van der Waals surface area contributed by atoms with Crippen LogP contribution in [0.15, 0.2) is 54.9 Å². The van der Waals surface area contributed by atoms with Crippen LogP contribution in [0.4, 0.5) is 4.39 Å². The molecule has 1 aliphatic rings. The monoisotopic (exact) mass is 406 g/mol. The van der Waals surface area contributed by atoms with E-state index in [1.807, 2.05) is 35.9 Å². The lowest BCUT2D eigenvalue weighted by Crippen LogP contribution is -2.34. The van der Waals surface area contributed by atoms with Crippen LogP contribution in [0, 0.1) is 12.7 Å². The van der Waals surface area contributed by atoms with Crippen molar-refractivity contribution in [3.05, 3.63) is 77.5 Å². The highest BCUT2D eigenvalue weighted by atomic mass is 19.1. The van der Waals surface area contributed by atoms with Gasteiger partial charge >= 0.3 is 0 Å². The molecule has 0 atom stereocenters. The standard InChI is InChI=1S/C23H23FN4O2/c1-17-5-4-11-28-16-19(25-23(17)28)15-27-14-13-26(12-10-22(27)30)21(29)9-8-18-6-2-3-7-20(18)24/h2-9,11,16H,10,12-15H2,1H3/b9-8+. The Labute approximate surface area is 174 Å². The molecule has 0 aliphatic carbocycles. The molecule has 0 unspecified atom stereocenters. The van der Waals surface area contributed by atoms with Crippen LogP contribution in [0.2, 0.25) is 0 Å². The molecule has 0 N–H and O–H groups in total. The van der Waals surface area contributed by atoms with Gasteiger partial charge < -0.3 is 14.2 Å². The molecule has 1 aromatic carbocycles. The van der Waals surface area contributed by atoms with Crippen LogP contribution in [-0.4, -0.2) is 50.6 Å². The highest BCUT2D eigenvalue weighted by molar-refractivity contribution is 5.92. The van der Waals surface area contributed by atoms with Crippen molar-refractivity contribution >= 4 is 23.5 Å². The predicted octanol–water partition coefficient (Wildman–Crippen LogP) is 3.06. The minimum absolute atomic E-state index is 0.00263. The largest absolute Gasteiger partial charge is 0.337 e. The van der Waals surface area contributed by atoms with E-state index >= 15 is 0 Å². The van der Waals surface area contributed by atoms with Crippen molar-refractivity contribution in [1.29, 1.82) is 0 Å². The maximum atomic E-state index is 13.7. The second-order valence-electron chi connectivity index (χ2n) is 7.40. The first-order valence-electron chi connectivity index (χ1n) is 9.94. The number of hydrogen-bond donors (Lipinski definition) is 0. The summed E-state index contributed by atoms with van der Waals surface area (Å²) in [5, 5.41) is 0. The zero-order valence-electron chi connectivity index (χ0n) is 16.8. The SMILES string of the molecule is Cc1cccn2cc(CN3CCN(C(=O)/C=C/c4ccccc4F)CCC3=O)nc12. The van der Waals surface area contributed by atoms with Crippen molar-refractivity contribution in [2.24, 2.45) is 0 Å². The quantitative estimate of drug-likeness (QED) is 0.626. The van der Waals surface area contributed by atoms with Crippen LogP contribution in [0.3, 0.4) is 0 Å². The molecule has 6 nitrogen and oxygen atoms in total. The minimum Gasteiger partial charge on any atom is -0.337 e. The van der Waals surface area contributed by atoms with E-state index in [2.05, 4.69) is 4.98 Å². The number of hydrogen-bond acceptors (Lipinski definition) is 3. The fraction of sp³-hybridized carbons (Fsp3) is 0.261. The Morgan fingerprint density at radius 2 is 2.00 bits per heavy atom. The molecule has 2 amide bonds. The average Bonchev–Trinajstić information content (AvgIpc) is 3.07. The first kappa shape index (κ1) is 19.8. The number of nitrogens with zero attached hydrogens (tertiary/aromatic N) is 4. The summed E-state index contributed by atoms with van der Waals surface area (Å²) in [5.41, 5.74) is 3.13. The number of fused-ring (bicyclic) bond motifs is 1. The third-order valence-electron chi connectivity index (χ3n) is 5.29. The summed E-state index contributed by atoms with van der Waals surface area (Å²) in [4.78, 5) is 33.1. The fourth-order valence-electron chi connectivity index (χ4n) is 3.61. The molecule has 3 heterocycles. The van der Waals surface area contributed by atoms with Crippen molar-refractivity contribution < 1.29 is 14.0 Å². The number of amides is 2. The molecule has 154 valence electrons. The molecule has 0 saturated carbocycles. The zero-order chi connectivity index (χ0) is 21.1. The molecule has 2 aromatic heterocycles. The summed E-state index contributed by atoms with van der Waals surface area (Å²) in [6.45, 7) is 3.62. The van der Waals surface area contributed by atoms with Gasteiger partial charge in [-0.15, -0.1) is 0 Å². The van der Waals surface area contributed by atoms with Crippen LogP contribution >= 0.6 is 0 Å². The second kappa shape index (κ2) is 8.49. The number of rotatable bonds is 4. The lowest BCUT2D eigenvalue weighted by molar-refractivity contribution is -0.131. The number of benzene rings is 1. The summed E-state index contributed by atoms with van der Waals surface area (Å²) in [6.07, 6.45) is 6.96. The number of aryl methyl sites for hydroxylation is 1. The fourth-order valence-corrected chi connectivity index (χ4v) is 3.61. The molecular formula is C23H23FN4O2. The van der Waals surface area contributed by atoms with Crippen LogP contribution in [0.5, 0.6) is 0 Å². The lowest BCUT2D eigenvalue weighted by Gasteiger charge is -2.20. The zero-order valence-corrected chi connectivity index (χ0v) is 16.8. The van der Waals surface area contributed by atoms with E-state index in [0.29, 0.717) is 31.7 Å². The highest BCUT2D eigenvalue weighted by Gasteiger charge is 2.23. The molecular weight excluding hydrogens is 383 g/mol. The summed E-state index contributed by atoms with van der Waals surface area (Å²) in [6, 6.07) is 10.3. The highest BCUT2D eigenvalue weighted by Crippen LogP contribution is 2.14. The molecule has 1 aliphatic heterocycles. The second-order valence-corrected chi connectivity index (χ2v) is 7.40. The topological polar surface area (TPSA) is 57.9 Å². The van der Waals surface area contributed by atoms with Crippen LogP contribution in [0.1, 0.15) is 23.2 Å². The Morgan fingerprint density at radius 3 is 2.80 bits per heavy atom. The van der Waals surface area contributed by atoms with E-state index in [1.165, 1.54) is 18.2 Å². The smallest absolute Gasteiger partial charge is 0.246 e. The van der Waals surface area contributed by atoms with Crippen LogP contribution < -0.4 is 0 Å². The Morgan fingerprint density at radius 1 is 1.17 bits per heavy atom. The van der Waals surface area contributed by atoms with Crippen LogP contribution in [-0.2, 0) is 16.1 Å². The lowest BCUT2D eigenvalue weighted by atomic mass is 10.2. The summed E-state index contributed by atoms with van der Waals surface area (Å²) in [5.74, 6) is -0.602. The first-order chi connectivity index (χ1) is 14.5. The van der Waals surface area contributed by atoms with Gasteiger partial charge in [0.25, 0.3) is 0 Å². The summed E-state index contributed by atoms with van der Waals surface area (Å²) in [7, 11) is 0. The van der Waals surface area contributed by atoms with E-state index in [1.54, 1.807) is 28.0 Å². The van der Waals surface area contributed by atoms with Gasteiger partial charge in [0.15, 0.2) is 0 Å². The molecule has 0 bridgehead atoms. The number of carbonyl (C=O) groups excluding carboxylic acids is 2. The van der Waals surface area contributed by atoms with Crippen molar-refractivity contribution in [3.63, 3.8) is 0 Å². The molecule has 1 saturated heterocycles. The maximum absolute atomic E-state index is 13.7. The van der Waals surface area contributed by atoms with Gasteiger partial charge in [0, 0.05) is 50.1 Å². The van der Waals surface area contributed by atoms with E-state index in [9.17, 15) is 14.0 Å². The van der Waals surface area contributed by atoms with E-state index in [0.717, 1.165) is 16.9 Å². The number of pyridine rings is 1. The number of imidazole rings is 1. The van der Waals surface area contributed by atoms with E-state index < -0.39 is 0 Å². The molecule has 3 aromatic rings. The van der Waals surface area contributed by atoms with Gasteiger partial charge in [-0.05, 0) is 30.7 Å². The number of aromatic nitrogens is 2. The third-order valence-corrected chi connectivity index (χ3v) is 5.29. The predicted molar refractivity (Wildman–Crippen MR) is 112 cm³/mol. The van der Waals surface area contributed by atoms with Crippen molar-refractivity contribution in [3.8, 4) is 0 Å². The van der Waals surface area contributed by atoms with Crippen molar-refractivity contribution in [1.82, 2.24) is 19.2 Å². The van der Waals surface area contributed by atoms with Gasteiger partial charge in [0.2, 0.25) is 11.8 Å². The maximum Gasteiger partial charge on any atom is 0.246 e. The summed E-state index contributed by atoms with van der Waals surface area (Å²) < 4.78 is 15.7. The Hall–Kier alpha value is -3.48. The number of carbonyl (C=O) groups is 2. The van der Waals surface area contributed by atoms with Gasteiger partial charge in [0.1, 0.15) is 11.5 Å². The van der Waals surface area contributed by atoms with Crippen molar-refractivity contribution in [2.45, 2.75) is 19.9 Å². The van der Waals surface area contributed by atoms with Gasteiger partial charge in [-0.2, -0.15) is 0 Å². The average molecular weight is 406 g/mol. The Bertz CT molecular complexity index is 1120. The van der Waals surface area contributed by atoms with Gasteiger partial charge in [-0.25, -0.2) is 9.37 Å². The van der Waals surface area contributed by atoms with Gasteiger partial charge in [-0.1, -0.05) is 24.3 Å². The Kier molecular flexibility index (Phi) is 5.61. The minimum atomic E-state index is -0.374.